The molecule has 0 aliphatic heterocycles. The number of aromatic nitrogens is 3. The molecule has 0 atom stereocenters. The SMILES string of the molecule is CC(=O)n1c2cccc(Br)c2c2cc(-c3cccc4ccccc34)nnc21. The molecular weight excluding hydrogens is 402 g/mol. The molecule has 2 heterocycles. The average molecular weight is 416 g/mol. The Kier molecular flexibility index (Phi) is 3.58. The molecular formula is C22H14BrN3O. The number of nitrogens with zero attached hydrogens (tertiary/aromatic N) is 3. The molecule has 0 aliphatic rings. The number of fused-ring (bicyclic) bond motifs is 4. The second kappa shape index (κ2) is 5.99. The Bertz CT molecular complexity index is 1370. The summed E-state index contributed by atoms with van der Waals surface area (Å²) < 4.78 is 2.55. The molecule has 0 amide bonds. The van der Waals surface area contributed by atoms with E-state index < -0.39 is 0 Å². The van der Waals surface area contributed by atoms with E-state index >= 15 is 0 Å². The standard InChI is InChI=1S/C22H14BrN3O/c1-13(27)26-20-11-5-10-18(23)21(20)17-12-19(24-25-22(17)26)16-9-4-7-14-6-2-3-8-15(14)16/h2-12H,1H3. The van der Waals surface area contributed by atoms with Gasteiger partial charge in [-0.25, -0.2) is 0 Å². The lowest BCUT2D eigenvalue weighted by atomic mass is 10.0. The van der Waals surface area contributed by atoms with E-state index in [2.05, 4.69) is 50.4 Å². The fourth-order valence-electron chi connectivity index (χ4n) is 3.71. The quantitative estimate of drug-likeness (QED) is 0.346. The lowest BCUT2D eigenvalue weighted by Crippen LogP contribution is -2.06. The highest BCUT2D eigenvalue weighted by atomic mass is 79.9. The van der Waals surface area contributed by atoms with Gasteiger partial charge in [-0.1, -0.05) is 64.5 Å². The van der Waals surface area contributed by atoms with Crippen LogP contribution in [0.25, 0.3) is 44.0 Å². The Labute approximate surface area is 163 Å². The molecule has 5 rings (SSSR count). The Morgan fingerprint density at radius 3 is 2.56 bits per heavy atom. The normalized spacial score (nSPS) is 11.5. The third-order valence-electron chi connectivity index (χ3n) is 4.87. The zero-order valence-electron chi connectivity index (χ0n) is 14.5. The molecule has 0 radical (unpaired) electrons. The second-order valence-electron chi connectivity index (χ2n) is 6.48. The summed E-state index contributed by atoms with van der Waals surface area (Å²) in [5, 5.41) is 13.1. The summed E-state index contributed by atoms with van der Waals surface area (Å²) in [5.41, 5.74) is 3.22. The van der Waals surface area contributed by atoms with Crippen LogP contribution in [0.4, 0.5) is 0 Å². The zero-order valence-corrected chi connectivity index (χ0v) is 16.1. The minimum absolute atomic E-state index is 0.0830. The van der Waals surface area contributed by atoms with Crippen molar-refractivity contribution >= 4 is 54.5 Å². The van der Waals surface area contributed by atoms with Gasteiger partial charge in [0, 0.05) is 27.7 Å². The molecule has 0 bridgehead atoms. The molecule has 0 saturated carbocycles. The average Bonchev–Trinajstić information content (AvgIpc) is 3.02. The van der Waals surface area contributed by atoms with Gasteiger partial charge in [0.15, 0.2) is 5.65 Å². The maximum atomic E-state index is 12.3. The zero-order chi connectivity index (χ0) is 18.5. The van der Waals surface area contributed by atoms with E-state index in [9.17, 15) is 4.79 Å². The lowest BCUT2D eigenvalue weighted by Gasteiger charge is -2.06. The predicted molar refractivity (Wildman–Crippen MR) is 112 cm³/mol. The van der Waals surface area contributed by atoms with Crippen LogP contribution in [-0.4, -0.2) is 20.7 Å². The van der Waals surface area contributed by atoms with Gasteiger partial charge < -0.3 is 0 Å². The molecule has 27 heavy (non-hydrogen) atoms. The molecule has 5 aromatic rings. The first kappa shape index (κ1) is 16.1. The van der Waals surface area contributed by atoms with Gasteiger partial charge in [0.1, 0.15) is 0 Å². The number of rotatable bonds is 1. The molecule has 0 aliphatic carbocycles. The smallest absolute Gasteiger partial charge is 0.229 e. The van der Waals surface area contributed by atoms with Crippen LogP contribution < -0.4 is 0 Å². The van der Waals surface area contributed by atoms with Crippen molar-refractivity contribution in [3.8, 4) is 11.3 Å². The number of halogens is 1. The molecule has 5 heteroatoms. The van der Waals surface area contributed by atoms with Gasteiger partial charge >= 0.3 is 0 Å². The van der Waals surface area contributed by atoms with E-state index in [1.165, 1.54) is 0 Å². The molecule has 0 N–H and O–H groups in total. The Hall–Kier alpha value is -3.05. The van der Waals surface area contributed by atoms with Crippen LogP contribution >= 0.6 is 15.9 Å². The monoisotopic (exact) mass is 415 g/mol. The first-order valence-corrected chi connectivity index (χ1v) is 9.40. The van der Waals surface area contributed by atoms with Gasteiger partial charge in [0.2, 0.25) is 5.91 Å². The van der Waals surface area contributed by atoms with E-state index in [1.54, 1.807) is 11.5 Å². The fraction of sp³-hybridized carbons (Fsp3) is 0.0455. The fourth-order valence-corrected chi connectivity index (χ4v) is 4.28. The van der Waals surface area contributed by atoms with Crippen LogP contribution in [0, 0.1) is 0 Å². The maximum absolute atomic E-state index is 12.3. The Morgan fingerprint density at radius 1 is 0.926 bits per heavy atom. The summed E-state index contributed by atoms with van der Waals surface area (Å²) in [5.74, 6) is -0.0830. The molecule has 0 spiro atoms. The molecule has 0 fully saturated rings. The highest BCUT2D eigenvalue weighted by molar-refractivity contribution is 9.10. The third-order valence-corrected chi connectivity index (χ3v) is 5.53. The summed E-state index contributed by atoms with van der Waals surface area (Å²) >= 11 is 3.63. The minimum Gasteiger partial charge on any atom is -0.274 e. The molecule has 4 nitrogen and oxygen atoms in total. The molecule has 3 aromatic carbocycles. The van der Waals surface area contributed by atoms with Gasteiger partial charge in [-0.05, 0) is 29.0 Å². The summed E-state index contributed by atoms with van der Waals surface area (Å²) in [7, 11) is 0. The highest BCUT2D eigenvalue weighted by Crippen LogP contribution is 2.36. The van der Waals surface area contributed by atoms with Crippen LogP contribution in [0.15, 0.2) is 71.2 Å². The van der Waals surface area contributed by atoms with Gasteiger partial charge in [-0.3, -0.25) is 9.36 Å². The molecule has 0 saturated heterocycles. The molecule has 2 aromatic heterocycles. The van der Waals surface area contributed by atoms with Crippen LogP contribution in [0.5, 0.6) is 0 Å². The lowest BCUT2D eigenvalue weighted by molar-refractivity contribution is 0.0945. The number of carbonyl (C=O) groups is 1. The van der Waals surface area contributed by atoms with E-state index in [0.717, 1.165) is 42.8 Å². The van der Waals surface area contributed by atoms with Crippen LogP contribution in [0.1, 0.15) is 11.7 Å². The van der Waals surface area contributed by atoms with Crippen LogP contribution in [0.2, 0.25) is 0 Å². The van der Waals surface area contributed by atoms with Gasteiger partial charge in [-0.2, -0.15) is 0 Å². The topological polar surface area (TPSA) is 47.8 Å². The molecule has 0 unspecified atom stereocenters. The van der Waals surface area contributed by atoms with E-state index in [-0.39, 0.29) is 5.91 Å². The predicted octanol–water partition coefficient (Wildman–Crippen LogP) is 5.83. The number of benzene rings is 3. The van der Waals surface area contributed by atoms with Crippen molar-refractivity contribution in [2.75, 3.05) is 0 Å². The maximum Gasteiger partial charge on any atom is 0.229 e. The number of hydrogen-bond donors (Lipinski definition) is 0. The van der Waals surface area contributed by atoms with Crippen LogP contribution in [0.3, 0.4) is 0 Å². The summed E-state index contributed by atoms with van der Waals surface area (Å²) in [4.78, 5) is 12.3. The molecule has 130 valence electrons. The number of hydrogen-bond acceptors (Lipinski definition) is 3. The van der Waals surface area contributed by atoms with Gasteiger partial charge in [0.25, 0.3) is 0 Å². The van der Waals surface area contributed by atoms with Crippen molar-refractivity contribution in [2.24, 2.45) is 0 Å². The van der Waals surface area contributed by atoms with Crippen molar-refractivity contribution in [1.82, 2.24) is 14.8 Å². The Morgan fingerprint density at radius 2 is 1.70 bits per heavy atom. The summed E-state index contributed by atoms with van der Waals surface area (Å²) in [6.07, 6.45) is 0. The van der Waals surface area contributed by atoms with E-state index in [0.29, 0.717) is 5.65 Å². The first-order chi connectivity index (χ1) is 13.1. The van der Waals surface area contributed by atoms with Crippen molar-refractivity contribution in [2.45, 2.75) is 6.92 Å². The van der Waals surface area contributed by atoms with Crippen molar-refractivity contribution < 1.29 is 4.79 Å². The van der Waals surface area contributed by atoms with E-state index in [4.69, 9.17) is 0 Å². The third kappa shape index (κ3) is 2.39. The van der Waals surface area contributed by atoms with Crippen LogP contribution in [-0.2, 0) is 0 Å². The summed E-state index contributed by atoms with van der Waals surface area (Å²) in [6, 6.07) is 22.2. The van der Waals surface area contributed by atoms with Gasteiger partial charge in [-0.15, -0.1) is 10.2 Å². The second-order valence-corrected chi connectivity index (χ2v) is 7.34. The van der Waals surface area contributed by atoms with Gasteiger partial charge in [0.05, 0.1) is 11.2 Å². The largest absolute Gasteiger partial charge is 0.274 e. The summed E-state index contributed by atoms with van der Waals surface area (Å²) in [6.45, 7) is 1.54. The number of carbonyl (C=O) groups excluding carboxylic acids is 1. The minimum atomic E-state index is -0.0830. The van der Waals surface area contributed by atoms with Crippen molar-refractivity contribution in [3.63, 3.8) is 0 Å². The first-order valence-electron chi connectivity index (χ1n) is 8.60. The Balaban J connectivity index is 1.89. The highest BCUT2D eigenvalue weighted by Gasteiger charge is 2.18. The van der Waals surface area contributed by atoms with Crippen molar-refractivity contribution in [1.29, 1.82) is 0 Å². The van der Waals surface area contributed by atoms with E-state index in [1.807, 2.05) is 42.5 Å². The van der Waals surface area contributed by atoms with Crippen molar-refractivity contribution in [3.05, 3.63) is 71.2 Å².